The van der Waals surface area contributed by atoms with Gasteiger partial charge in [-0.05, 0) is 70.4 Å². The van der Waals surface area contributed by atoms with Crippen LogP contribution in [0.5, 0.6) is 0 Å². The summed E-state index contributed by atoms with van der Waals surface area (Å²) in [5, 5.41) is 1.04. The number of H-pyrrole nitrogens is 1. The van der Waals surface area contributed by atoms with Gasteiger partial charge in [-0.25, -0.2) is 8.42 Å². The number of sulfonamides is 1. The van der Waals surface area contributed by atoms with Crippen LogP contribution in [0.3, 0.4) is 0 Å². The summed E-state index contributed by atoms with van der Waals surface area (Å²) >= 11 is 2.14. The van der Waals surface area contributed by atoms with E-state index in [1.807, 2.05) is 18.3 Å². The predicted octanol–water partition coefficient (Wildman–Crippen LogP) is 3.57. The van der Waals surface area contributed by atoms with Gasteiger partial charge in [0, 0.05) is 15.3 Å². The minimum absolute atomic E-state index is 0.254. The number of rotatable bonds is 3. The van der Waals surface area contributed by atoms with E-state index in [1.54, 1.807) is 36.4 Å². The van der Waals surface area contributed by atoms with Crippen LogP contribution >= 0.6 is 22.6 Å². The maximum absolute atomic E-state index is 12.3. The Morgan fingerprint density at radius 3 is 2.50 bits per heavy atom. The molecule has 0 amide bonds. The van der Waals surface area contributed by atoms with Gasteiger partial charge in [-0.15, -0.1) is 0 Å². The van der Waals surface area contributed by atoms with Crippen LogP contribution in [0.2, 0.25) is 0 Å². The molecular weight excluding hydrogens is 387 g/mol. The fourth-order valence-corrected chi connectivity index (χ4v) is 3.35. The molecule has 0 radical (unpaired) electrons. The van der Waals surface area contributed by atoms with E-state index >= 15 is 0 Å². The molecule has 6 heteroatoms. The molecule has 0 aliphatic heterocycles. The Labute approximate surface area is 130 Å². The molecule has 4 nitrogen and oxygen atoms in total. The lowest BCUT2D eigenvalue weighted by atomic mass is 10.2. The maximum atomic E-state index is 12.3. The molecular formula is C14H11IN2O2S. The standard InChI is InChI=1S/C14H11IN2O2S/c15-11-2-5-13(6-3-11)20(18,19)17-12-4-1-10-7-8-16-14(10)9-12/h1-9,16-17H. The smallest absolute Gasteiger partial charge is 0.261 e. The first-order valence-corrected chi connectivity index (χ1v) is 8.46. The van der Waals surface area contributed by atoms with Crippen molar-refractivity contribution in [2.45, 2.75) is 4.90 Å². The largest absolute Gasteiger partial charge is 0.361 e. The second-order valence-electron chi connectivity index (χ2n) is 4.34. The third kappa shape index (κ3) is 2.66. The average molecular weight is 398 g/mol. The summed E-state index contributed by atoms with van der Waals surface area (Å²) in [6.07, 6.45) is 1.82. The van der Waals surface area contributed by atoms with Gasteiger partial charge < -0.3 is 4.98 Å². The summed E-state index contributed by atoms with van der Waals surface area (Å²) in [4.78, 5) is 3.31. The number of halogens is 1. The van der Waals surface area contributed by atoms with Gasteiger partial charge in [0.1, 0.15) is 0 Å². The van der Waals surface area contributed by atoms with E-state index in [9.17, 15) is 8.42 Å². The topological polar surface area (TPSA) is 62.0 Å². The Kier molecular flexibility index (Phi) is 3.43. The van der Waals surface area contributed by atoms with Gasteiger partial charge >= 0.3 is 0 Å². The summed E-state index contributed by atoms with van der Waals surface area (Å²) in [5.74, 6) is 0. The highest BCUT2D eigenvalue weighted by Crippen LogP contribution is 2.21. The van der Waals surface area contributed by atoms with E-state index in [-0.39, 0.29) is 4.90 Å². The van der Waals surface area contributed by atoms with Gasteiger partial charge in [-0.2, -0.15) is 0 Å². The molecule has 0 fully saturated rings. The molecule has 0 atom stereocenters. The zero-order valence-electron chi connectivity index (χ0n) is 10.3. The number of benzene rings is 2. The third-order valence-corrected chi connectivity index (χ3v) is 5.05. The highest BCUT2D eigenvalue weighted by atomic mass is 127. The van der Waals surface area contributed by atoms with E-state index in [1.165, 1.54) is 0 Å². The number of nitrogens with one attached hydrogen (secondary N) is 2. The minimum atomic E-state index is -3.55. The van der Waals surface area contributed by atoms with Crippen molar-refractivity contribution >= 4 is 49.2 Å². The molecule has 3 aromatic rings. The lowest BCUT2D eigenvalue weighted by Gasteiger charge is -2.08. The normalized spacial score (nSPS) is 11.7. The van der Waals surface area contributed by atoms with Crippen LogP contribution in [0.15, 0.2) is 59.6 Å². The molecule has 2 aromatic carbocycles. The Morgan fingerprint density at radius 2 is 1.75 bits per heavy atom. The monoisotopic (exact) mass is 398 g/mol. The zero-order chi connectivity index (χ0) is 14.2. The maximum Gasteiger partial charge on any atom is 0.261 e. The SMILES string of the molecule is O=S(=O)(Nc1ccc2cc[nH]c2c1)c1ccc(I)cc1. The summed E-state index contributed by atoms with van der Waals surface area (Å²) in [6, 6.07) is 14.1. The van der Waals surface area contributed by atoms with Crippen molar-refractivity contribution in [2.75, 3.05) is 4.72 Å². The molecule has 0 unspecified atom stereocenters. The van der Waals surface area contributed by atoms with Gasteiger partial charge in [0.15, 0.2) is 0 Å². The Morgan fingerprint density at radius 1 is 1.00 bits per heavy atom. The highest BCUT2D eigenvalue weighted by Gasteiger charge is 2.14. The van der Waals surface area contributed by atoms with E-state index in [0.29, 0.717) is 5.69 Å². The van der Waals surface area contributed by atoms with Crippen LogP contribution in [0.1, 0.15) is 0 Å². The van der Waals surface area contributed by atoms with Crippen molar-refractivity contribution in [1.29, 1.82) is 0 Å². The number of anilines is 1. The first kappa shape index (κ1) is 13.4. The number of aromatic nitrogens is 1. The predicted molar refractivity (Wildman–Crippen MR) is 88.3 cm³/mol. The molecule has 3 rings (SSSR count). The average Bonchev–Trinajstić information content (AvgIpc) is 2.86. The van der Waals surface area contributed by atoms with E-state index in [2.05, 4.69) is 32.3 Å². The summed E-state index contributed by atoms with van der Waals surface area (Å²) in [7, 11) is -3.55. The summed E-state index contributed by atoms with van der Waals surface area (Å²) in [5.41, 5.74) is 1.44. The lowest BCUT2D eigenvalue weighted by Crippen LogP contribution is -2.12. The highest BCUT2D eigenvalue weighted by molar-refractivity contribution is 14.1. The Bertz CT molecular complexity index is 854. The number of aromatic amines is 1. The number of fused-ring (bicyclic) bond motifs is 1. The Hall–Kier alpha value is -1.54. The van der Waals surface area contributed by atoms with Crippen molar-refractivity contribution in [2.24, 2.45) is 0 Å². The molecule has 0 spiro atoms. The lowest BCUT2D eigenvalue weighted by molar-refractivity contribution is 0.601. The summed E-state index contributed by atoms with van der Waals surface area (Å²) < 4.78 is 28.1. The van der Waals surface area contributed by atoms with Gasteiger partial charge in [0.25, 0.3) is 10.0 Å². The molecule has 102 valence electrons. The molecule has 0 saturated heterocycles. The fourth-order valence-electron chi connectivity index (χ4n) is 1.94. The van der Waals surface area contributed by atoms with Crippen LogP contribution in [0, 0.1) is 3.57 Å². The van der Waals surface area contributed by atoms with Crippen LogP contribution in [-0.2, 0) is 10.0 Å². The molecule has 2 N–H and O–H groups in total. The first-order chi connectivity index (χ1) is 9.54. The van der Waals surface area contributed by atoms with Crippen LogP contribution in [0.4, 0.5) is 5.69 Å². The first-order valence-electron chi connectivity index (χ1n) is 5.90. The second kappa shape index (κ2) is 5.10. The molecule has 20 heavy (non-hydrogen) atoms. The molecule has 0 bridgehead atoms. The van der Waals surface area contributed by atoms with E-state index < -0.39 is 10.0 Å². The zero-order valence-corrected chi connectivity index (χ0v) is 13.3. The van der Waals surface area contributed by atoms with Crippen molar-refractivity contribution in [3.05, 3.63) is 58.3 Å². The van der Waals surface area contributed by atoms with Crippen molar-refractivity contribution in [3.8, 4) is 0 Å². The molecule has 0 saturated carbocycles. The van der Waals surface area contributed by atoms with Crippen molar-refractivity contribution in [1.82, 2.24) is 4.98 Å². The fraction of sp³-hybridized carbons (Fsp3) is 0. The van der Waals surface area contributed by atoms with Gasteiger partial charge in [0.05, 0.1) is 10.6 Å². The number of hydrogen-bond acceptors (Lipinski definition) is 2. The van der Waals surface area contributed by atoms with Gasteiger partial charge in [0.2, 0.25) is 0 Å². The quantitative estimate of drug-likeness (QED) is 0.663. The third-order valence-electron chi connectivity index (χ3n) is 2.93. The van der Waals surface area contributed by atoms with Crippen molar-refractivity contribution < 1.29 is 8.42 Å². The van der Waals surface area contributed by atoms with E-state index in [0.717, 1.165) is 14.5 Å². The van der Waals surface area contributed by atoms with Gasteiger partial charge in [-0.3, -0.25) is 4.72 Å². The molecule has 0 aliphatic rings. The van der Waals surface area contributed by atoms with Crippen LogP contribution < -0.4 is 4.72 Å². The molecule has 1 heterocycles. The second-order valence-corrected chi connectivity index (χ2v) is 7.27. The van der Waals surface area contributed by atoms with E-state index in [4.69, 9.17) is 0 Å². The minimum Gasteiger partial charge on any atom is -0.361 e. The summed E-state index contributed by atoms with van der Waals surface area (Å²) in [6.45, 7) is 0. The van der Waals surface area contributed by atoms with Gasteiger partial charge in [-0.1, -0.05) is 6.07 Å². The Balaban J connectivity index is 1.94. The van der Waals surface area contributed by atoms with Crippen LogP contribution in [0.25, 0.3) is 10.9 Å². The molecule has 1 aromatic heterocycles. The number of hydrogen-bond donors (Lipinski definition) is 2. The van der Waals surface area contributed by atoms with Crippen LogP contribution in [-0.4, -0.2) is 13.4 Å². The van der Waals surface area contributed by atoms with Crippen molar-refractivity contribution in [3.63, 3.8) is 0 Å². The molecule has 0 aliphatic carbocycles.